The average Bonchev–Trinajstić information content (AvgIpc) is 1.81. The van der Waals surface area contributed by atoms with Gasteiger partial charge in [0.25, 0.3) is 0 Å². The van der Waals surface area contributed by atoms with Gasteiger partial charge in [-0.15, -0.1) is 0 Å². The van der Waals surface area contributed by atoms with Crippen molar-refractivity contribution in [2.75, 3.05) is 6.17 Å². The lowest BCUT2D eigenvalue weighted by Gasteiger charge is -2.11. The number of amides is 1. The van der Waals surface area contributed by atoms with E-state index in [4.69, 9.17) is 11.1 Å². The van der Waals surface area contributed by atoms with Crippen molar-refractivity contribution in [3.8, 4) is 0 Å². The zero-order valence-corrected chi connectivity index (χ0v) is 8.03. The highest BCUT2D eigenvalue weighted by atomic mass is 35.6. The molecular formula is C6H12ClNOSi. The Hall–Kier alpha value is -0.283. The summed E-state index contributed by atoms with van der Waals surface area (Å²) in [5.74, 6) is -0.152. The molecule has 1 N–H and O–H groups in total. The molecule has 0 saturated carbocycles. The van der Waals surface area contributed by atoms with Crippen LogP contribution in [0.2, 0.25) is 13.1 Å². The molecule has 1 amide bonds. The smallest absolute Gasteiger partial charge is 0.243 e. The maximum atomic E-state index is 10.6. The second kappa shape index (κ2) is 3.78. The SMILES string of the molecule is C=CC(=O)NC[Si](C)(C)Cl. The maximum Gasteiger partial charge on any atom is 0.243 e. The van der Waals surface area contributed by atoms with Crippen LogP contribution in [0.15, 0.2) is 12.7 Å². The van der Waals surface area contributed by atoms with Crippen molar-refractivity contribution in [3.05, 3.63) is 12.7 Å². The molecule has 58 valence electrons. The number of hydrogen-bond donors (Lipinski definition) is 1. The van der Waals surface area contributed by atoms with Gasteiger partial charge >= 0.3 is 0 Å². The quantitative estimate of drug-likeness (QED) is 0.393. The molecule has 4 heteroatoms. The summed E-state index contributed by atoms with van der Waals surface area (Å²) >= 11 is 5.92. The van der Waals surface area contributed by atoms with E-state index in [0.29, 0.717) is 6.17 Å². The molecule has 0 aromatic rings. The molecule has 0 heterocycles. The Balaban J connectivity index is 3.55. The molecule has 2 nitrogen and oxygen atoms in total. The van der Waals surface area contributed by atoms with E-state index in [0.717, 1.165) is 0 Å². The van der Waals surface area contributed by atoms with Crippen LogP contribution in [-0.4, -0.2) is 19.5 Å². The van der Waals surface area contributed by atoms with Gasteiger partial charge in [-0.1, -0.05) is 19.7 Å². The van der Waals surface area contributed by atoms with Crippen LogP contribution in [0.25, 0.3) is 0 Å². The number of halogens is 1. The van der Waals surface area contributed by atoms with Gasteiger partial charge in [-0.2, -0.15) is 11.1 Å². The monoisotopic (exact) mass is 177 g/mol. The van der Waals surface area contributed by atoms with Gasteiger partial charge in [0, 0.05) is 6.17 Å². The normalized spacial score (nSPS) is 10.7. The summed E-state index contributed by atoms with van der Waals surface area (Å²) in [6, 6.07) is 0. The minimum Gasteiger partial charge on any atom is -0.354 e. The van der Waals surface area contributed by atoms with Crippen LogP contribution in [0.1, 0.15) is 0 Å². The molecule has 0 radical (unpaired) electrons. The van der Waals surface area contributed by atoms with Gasteiger partial charge in [0.2, 0.25) is 5.91 Å². The molecule has 10 heavy (non-hydrogen) atoms. The fourth-order valence-corrected chi connectivity index (χ4v) is 1.16. The molecule has 0 unspecified atom stereocenters. The Kier molecular flexibility index (Phi) is 3.67. The topological polar surface area (TPSA) is 29.1 Å². The Morgan fingerprint density at radius 3 is 2.60 bits per heavy atom. The molecule has 0 aliphatic carbocycles. The summed E-state index contributed by atoms with van der Waals surface area (Å²) in [5, 5.41) is 2.65. The largest absolute Gasteiger partial charge is 0.354 e. The van der Waals surface area contributed by atoms with Crippen LogP contribution in [0.3, 0.4) is 0 Å². The second-order valence-corrected chi connectivity index (χ2v) is 9.50. The molecule has 0 aliphatic heterocycles. The predicted octanol–water partition coefficient (Wildman–Crippen LogP) is 1.27. The first-order chi connectivity index (χ1) is 4.45. The summed E-state index contributed by atoms with van der Waals surface area (Å²) in [6.07, 6.45) is 1.84. The van der Waals surface area contributed by atoms with Crippen LogP contribution >= 0.6 is 11.1 Å². The summed E-state index contributed by atoms with van der Waals surface area (Å²) < 4.78 is 0. The molecule has 0 aliphatic rings. The molecule has 0 fully saturated rings. The highest BCUT2D eigenvalue weighted by Crippen LogP contribution is 2.04. The van der Waals surface area contributed by atoms with E-state index in [2.05, 4.69) is 11.9 Å². The highest BCUT2D eigenvalue weighted by Gasteiger charge is 2.16. The van der Waals surface area contributed by atoms with Crippen LogP contribution in [0, 0.1) is 0 Å². The Morgan fingerprint density at radius 2 is 2.30 bits per heavy atom. The third kappa shape index (κ3) is 5.85. The van der Waals surface area contributed by atoms with Gasteiger partial charge in [0.1, 0.15) is 0 Å². The van der Waals surface area contributed by atoms with Crippen molar-refractivity contribution in [1.82, 2.24) is 5.32 Å². The van der Waals surface area contributed by atoms with Crippen LogP contribution in [0.4, 0.5) is 0 Å². The number of carbonyl (C=O) groups is 1. The third-order valence-electron chi connectivity index (χ3n) is 0.868. The van der Waals surface area contributed by atoms with Gasteiger partial charge < -0.3 is 5.32 Å². The first-order valence-electron chi connectivity index (χ1n) is 3.05. The van der Waals surface area contributed by atoms with Gasteiger partial charge in [-0.3, -0.25) is 4.79 Å². The lowest BCUT2D eigenvalue weighted by atomic mass is 10.6. The zero-order chi connectivity index (χ0) is 8.20. The molecule has 0 rings (SSSR count). The van der Waals surface area contributed by atoms with Crippen molar-refractivity contribution in [1.29, 1.82) is 0 Å². The fourth-order valence-electron chi connectivity index (χ4n) is 0.369. The molecule has 0 atom stereocenters. The van der Waals surface area contributed by atoms with Gasteiger partial charge in [-0.25, -0.2) is 0 Å². The number of rotatable bonds is 3. The van der Waals surface area contributed by atoms with Crippen molar-refractivity contribution in [2.24, 2.45) is 0 Å². The number of hydrogen-bond acceptors (Lipinski definition) is 1. The summed E-state index contributed by atoms with van der Waals surface area (Å²) in [4.78, 5) is 10.6. The van der Waals surface area contributed by atoms with Crippen LogP contribution < -0.4 is 5.32 Å². The molecule has 0 aromatic heterocycles. The van der Waals surface area contributed by atoms with Gasteiger partial charge in [0.05, 0.1) is 0 Å². The van der Waals surface area contributed by atoms with E-state index < -0.39 is 7.38 Å². The summed E-state index contributed by atoms with van der Waals surface area (Å²) in [5.41, 5.74) is 0. The van der Waals surface area contributed by atoms with Crippen LogP contribution in [0.5, 0.6) is 0 Å². The first-order valence-corrected chi connectivity index (χ1v) is 7.27. The molecule has 0 bridgehead atoms. The average molecular weight is 178 g/mol. The first kappa shape index (κ1) is 9.72. The van der Waals surface area contributed by atoms with Crippen molar-refractivity contribution in [2.45, 2.75) is 13.1 Å². The Bertz CT molecular complexity index is 141. The van der Waals surface area contributed by atoms with E-state index in [1.165, 1.54) is 6.08 Å². The number of nitrogens with one attached hydrogen (secondary N) is 1. The minimum absolute atomic E-state index is 0.152. The van der Waals surface area contributed by atoms with Crippen molar-refractivity contribution < 1.29 is 4.79 Å². The van der Waals surface area contributed by atoms with Gasteiger partial charge in [-0.05, 0) is 6.08 Å². The predicted molar refractivity (Wildman–Crippen MR) is 46.5 cm³/mol. The van der Waals surface area contributed by atoms with E-state index in [1.807, 2.05) is 13.1 Å². The highest BCUT2D eigenvalue weighted by molar-refractivity contribution is 7.19. The lowest BCUT2D eigenvalue weighted by molar-refractivity contribution is -0.116. The number of carbonyl (C=O) groups excluding carboxylic acids is 1. The van der Waals surface area contributed by atoms with Gasteiger partial charge in [0.15, 0.2) is 7.38 Å². The Labute approximate surface area is 67.0 Å². The third-order valence-corrected chi connectivity index (χ3v) is 2.29. The summed E-state index contributed by atoms with van der Waals surface area (Å²) in [7, 11) is -1.64. The minimum atomic E-state index is -1.64. The molecular weight excluding hydrogens is 166 g/mol. The van der Waals surface area contributed by atoms with Crippen molar-refractivity contribution >= 4 is 24.4 Å². The van der Waals surface area contributed by atoms with E-state index in [1.54, 1.807) is 0 Å². The standard InChI is InChI=1S/C6H12ClNOSi/c1-4-6(9)8-5-10(2,3)7/h4H,1,5H2,2-3H3,(H,8,9). The summed E-state index contributed by atoms with van der Waals surface area (Å²) in [6.45, 7) is 7.26. The molecule has 0 aromatic carbocycles. The van der Waals surface area contributed by atoms with E-state index in [-0.39, 0.29) is 5.91 Å². The molecule has 0 saturated heterocycles. The molecule has 0 spiro atoms. The fraction of sp³-hybridized carbons (Fsp3) is 0.500. The zero-order valence-electron chi connectivity index (χ0n) is 6.28. The second-order valence-electron chi connectivity index (χ2n) is 2.64. The van der Waals surface area contributed by atoms with Crippen molar-refractivity contribution in [3.63, 3.8) is 0 Å². The Morgan fingerprint density at radius 1 is 1.80 bits per heavy atom. The van der Waals surface area contributed by atoms with Crippen LogP contribution in [-0.2, 0) is 4.79 Å². The maximum absolute atomic E-state index is 10.6. The van der Waals surface area contributed by atoms with E-state index in [9.17, 15) is 4.79 Å². The van der Waals surface area contributed by atoms with E-state index >= 15 is 0 Å². The lowest BCUT2D eigenvalue weighted by Crippen LogP contribution is -2.37.